The van der Waals surface area contributed by atoms with Gasteiger partial charge in [0, 0.05) is 17.8 Å². The summed E-state index contributed by atoms with van der Waals surface area (Å²) in [6.07, 6.45) is 0.797. The van der Waals surface area contributed by atoms with E-state index in [1.54, 1.807) is 0 Å². The van der Waals surface area contributed by atoms with Gasteiger partial charge in [-0.15, -0.1) is 0 Å². The number of rotatable bonds is 5. The number of nitrogens with two attached hydrogens (primary N) is 1. The number of fused-ring (bicyclic) bond motifs is 1. The molecule has 2 aromatic rings. The molecule has 0 amide bonds. The van der Waals surface area contributed by atoms with Crippen molar-refractivity contribution >= 4 is 16.8 Å². The van der Waals surface area contributed by atoms with Gasteiger partial charge in [0.15, 0.2) is 5.76 Å². The zero-order valence-electron chi connectivity index (χ0n) is 11.8. The van der Waals surface area contributed by atoms with E-state index in [2.05, 4.69) is 13.8 Å². The largest absolute Gasteiger partial charge is 0.453 e. The molecule has 0 aliphatic carbocycles. The fraction of sp³-hybridized carbons (Fsp3) is 0.438. The highest BCUT2D eigenvalue weighted by molar-refractivity contribution is 5.99. The van der Waals surface area contributed by atoms with E-state index >= 15 is 0 Å². The molecule has 0 aliphatic rings. The Morgan fingerprint density at radius 1 is 1.37 bits per heavy atom. The lowest BCUT2D eigenvalue weighted by Crippen LogP contribution is -2.25. The summed E-state index contributed by atoms with van der Waals surface area (Å²) in [5, 5.41) is 0.976. The quantitative estimate of drug-likeness (QED) is 0.835. The number of carbonyl (C=O) groups is 1. The van der Waals surface area contributed by atoms with E-state index in [1.165, 1.54) is 0 Å². The van der Waals surface area contributed by atoms with Crippen LogP contribution >= 0.6 is 0 Å². The van der Waals surface area contributed by atoms with Crippen molar-refractivity contribution in [1.82, 2.24) is 0 Å². The molecule has 0 saturated carbocycles. The summed E-state index contributed by atoms with van der Waals surface area (Å²) in [6, 6.07) is 7.74. The second kappa shape index (κ2) is 5.57. The van der Waals surface area contributed by atoms with E-state index in [0.717, 1.165) is 23.0 Å². The Kier molecular flexibility index (Phi) is 4.05. The number of hydrogen-bond acceptors (Lipinski definition) is 3. The normalized spacial score (nSPS) is 13.1. The van der Waals surface area contributed by atoms with Crippen molar-refractivity contribution in [2.45, 2.75) is 27.2 Å². The highest BCUT2D eigenvalue weighted by Gasteiger charge is 2.23. The first-order valence-electron chi connectivity index (χ1n) is 6.76. The molecular formula is C16H21NO2. The third kappa shape index (κ3) is 2.87. The van der Waals surface area contributed by atoms with Gasteiger partial charge in [0.1, 0.15) is 5.58 Å². The van der Waals surface area contributed by atoms with Gasteiger partial charge in [-0.25, -0.2) is 0 Å². The molecule has 19 heavy (non-hydrogen) atoms. The summed E-state index contributed by atoms with van der Waals surface area (Å²) >= 11 is 0. The number of aryl methyl sites for hydroxylation is 1. The Morgan fingerprint density at radius 2 is 2.11 bits per heavy atom. The fourth-order valence-corrected chi connectivity index (χ4v) is 2.41. The first-order valence-corrected chi connectivity index (χ1v) is 6.76. The summed E-state index contributed by atoms with van der Waals surface area (Å²) in [6.45, 7) is 6.54. The van der Waals surface area contributed by atoms with Crippen LogP contribution in [-0.4, -0.2) is 12.3 Å². The standard InChI is InChI=1S/C16H21NO2/c1-10(2)7-13(9-17)15(18)14-8-12-6-4-5-11(3)16(12)19-14/h4-6,8,10,13H,7,9,17H2,1-3H3. The van der Waals surface area contributed by atoms with E-state index in [9.17, 15) is 4.79 Å². The number of para-hydroxylation sites is 1. The minimum absolute atomic E-state index is 0.0202. The minimum atomic E-state index is -0.152. The summed E-state index contributed by atoms with van der Waals surface area (Å²) in [4.78, 5) is 12.4. The van der Waals surface area contributed by atoms with Crippen LogP contribution in [0.2, 0.25) is 0 Å². The van der Waals surface area contributed by atoms with Crippen molar-refractivity contribution in [3.63, 3.8) is 0 Å². The van der Waals surface area contributed by atoms with Gasteiger partial charge in [0.05, 0.1) is 0 Å². The van der Waals surface area contributed by atoms with Crippen molar-refractivity contribution < 1.29 is 9.21 Å². The van der Waals surface area contributed by atoms with E-state index in [-0.39, 0.29) is 11.7 Å². The van der Waals surface area contributed by atoms with Gasteiger partial charge in [-0.3, -0.25) is 4.79 Å². The summed E-state index contributed by atoms with van der Waals surface area (Å²) in [7, 11) is 0. The molecule has 1 atom stereocenters. The molecule has 1 heterocycles. The molecule has 0 aliphatic heterocycles. The number of furan rings is 1. The third-order valence-electron chi connectivity index (χ3n) is 3.40. The molecule has 3 heteroatoms. The summed E-state index contributed by atoms with van der Waals surface area (Å²) in [5.74, 6) is 0.747. The van der Waals surface area contributed by atoms with Crippen LogP contribution in [0.25, 0.3) is 11.0 Å². The fourth-order valence-electron chi connectivity index (χ4n) is 2.41. The molecular weight excluding hydrogens is 238 g/mol. The van der Waals surface area contributed by atoms with Crippen LogP contribution in [0, 0.1) is 18.8 Å². The summed E-state index contributed by atoms with van der Waals surface area (Å²) in [5.41, 5.74) is 7.56. The highest BCUT2D eigenvalue weighted by atomic mass is 16.3. The average Bonchev–Trinajstić information content (AvgIpc) is 2.80. The molecule has 102 valence electrons. The number of carbonyl (C=O) groups excluding carboxylic acids is 1. The smallest absolute Gasteiger partial charge is 0.202 e. The van der Waals surface area contributed by atoms with E-state index in [4.69, 9.17) is 10.2 Å². The molecule has 1 unspecified atom stereocenters. The molecule has 1 aromatic heterocycles. The molecule has 2 N–H and O–H groups in total. The van der Waals surface area contributed by atoms with Gasteiger partial charge >= 0.3 is 0 Å². The Labute approximate surface area is 113 Å². The van der Waals surface area contributed by atoms with Crippen molar-refractivity contribution in [1.29, 1.82) is 0 Å². The molecule has 0 fully saturated rings. The molecule has 3 nitrogen and oxygen atoms in total. The van der Waals surface area contributed by atoms with Crippen LogP contribution in [-0.2, 0) is 0 Å². The first kappa shape index (κ1) is 13.8. The molecule has 2 rings (SSSR count). The minimum Gasteiger partial charge on any atom is -0.453 e. The first-order chi connectivity index (χ1) is 9.02. The molecule has 0 radical (unpaired) electrons. The highest BCUT2D eigenvalue weighted by Crippen LogP contribution is 2.25. The van der Waals surface area contributed by atoms with Gasteiger partial charge in [0.2, 0.25) is 5.78 Å². The SMILES string of the molecule is Cc1cccc2cc(C(=O)C(CN)CC(C)C)oc12. The van der Waals surface area contributed by atoms with Crippen molar-refractivity contribution in [3.8, 4) is 0 Å². The Balaban J connectivity index is 2.33. The maximum absolute atomic E-state index is 12.4. The summed E-state index contributed by atoms with van der Waals surface area (Å²) < 4.78 is 5.72. The maximum Gasteiger partial charge on any atom is 0.202 e. The monoisotopic (exact) mass is 259 g/mol. The lowest BCUT2D eigenvalue weighted by atomic mass is 9.92. The topological polar surface area (TPSA) is 56.2 Å². The zero-order chi connectivity index (χ0) is 14.0. The molecule has 1 aromatic carbocycles. The van der Waals surface area contributed by atoms with Crippen LogP contribution in [0.15, 0.2) is 28.7 Å². The van der Waals surface area contributed by atoms with Crippen molar-refractivity contribution in [2.75, 3.05) is 6.54 Å². The zero-order valence-corrected chi connectivity index (χ0v) is 11.8. The maximum atomic E-state index is 12.4. The Hall–Kier alpha value is -1.61. The number of benzene rings is 1. The number of hydrogen-bond donors (Lipinski definition) is 1. The molecule has 0 spiro atoms. The third-order valence-corrected chi connectivity index (χ3v) is 3.40. The Morgan fingerprint density at radius 3 is 2.68 bits per heavy atom. The van der Waals surface area contributed by atoms with Crippen LogP contribution in [0.1, 0.15) is 36.4 Å². The lowest BCUT2D eigenvalue weighted by molar-refractivity contribution is 0.0882. The van der Waals surface area contributed by atoms with Crippen molar-refractivity contribution in [3.05, 3.63) is 35.6 Å². The van der Waals surface area contributed by atoms with Gasteiger partial charge in [-0.05, 0) is 30.9 Å². The number of Topliss-reactive ketones (excluding diaryl/α,β-unsaturated/α-hetero) is 1. The second-order valence-corrected chi connectivity index (χ2v) is 5.53. The van der Waals surface area contributed by atoms with E-state index in [1.807, 2.05) is 31.2 Å². The molecule has 0 bridgehead atoms. The second-order valence-electron chi connectivity index (χ2n) is 5.53. The van der Waals surface area contributed by atoms with Crippen LogP contribution in [0.3, 0.4) is 0 Å². The predicted octanol–water partition coefficient (Wildman–Crippen LogP) is 3.54. The molecule has 0 saturated heterocycles. The van der Waals surface area contributed by atoms with Gasteiger partial charge < -0.3 is 10.2 Å². The predicted molar refractivity (Wildman–Crippen MR) is 77.3 cm³/mol. The van der Waals surface area contributed by atoms with Crippen molar-refractivity contribution in [2.24, 2.45) is 17.6 Å². The van der Waals surface area contributed by atoms with Gasteiger partial charge in [0.25, 0.3) is 0 Å². The van der Waals surface area contributed by atoms with Crippen LogP contribution in [0.5, 0.6) is 0 Å². The lowest BCUT2D eigenvalue weighted by Gasteiger charge is -2.14. The Bertz CT molecular complexity index is 583. The van der Waals surface area contributed by atoms with Gasteiger partial charge in [-0.1, -0.05) is 32.0 Å². The van der Waals surface area contributed by atoms with E-state index in [0.29, 0.717) is 18.2 Å². The van der Waals surface area contributed by atoms with Crippen LogP contribution < -0.4 is 5.73 Å². The van der Waals surface area contributed by atoms with Gasteiger partial charge in [-0.2, -0.15) is 0 Å². The number of ketones is 1. The average molecular weight is 259 g/mol. The van der Waals surface area contributed by atoms with E-state index < -0.39 is 0 Å². The van der Waals surface area contributed by atoms with Crippen LogP contribution in [0.4, 0.5) is 0 Å².